The van der Waals surface area contributed by atoms with Crippen LogP contribution >= 0.6 is 0 Å². The average Bonchev–Trinajstić information content (AvgIpc) is 2.72. The van der Waals surface area contributed by atoms with Gasteiger partial charge in [-0.25, -0.2) is 0 Å². The van der Waals surface area contributed by atoms with Gasteiger partial charge >= 0.3 is 0 Å². The number of aliphatic hydroxyl groups excluding tert-OH is 1. The molecule has 1 amide bonds. The second-order valence-corrected chi connectivity index (χ2v) is 9.41. The van der Waals surface area contributed by atoms with Gasteiger partial charge in [0.25, 0.3) is 0 Å². The minimum atomic E-state index is -0.673. The molecule has 2 aromatic carbocycles. The number of phenols is 1. The zero-order valence-electron chi connectivity index (χ0n) is 18.9. The Hall–Kier alpha value is -2.57. The van der Waals surface area contributed by atoms with E-state index in [1.165, 1.54) is 17.2 Å². The largest absolute Gasteiger partial charge is 0.506 e. The lowest BCUT2D eigenvalue weighted by Crippen LogP contribution is -2.37. The first kappa shape index (κ1) is 23.1. The first-order chi connectivity index (χ1) is 14.6. The Bertz CT molecular complexity index is 903. The molecule has 0 fully saturated rings. The summed E-state index contributed by atoms with van der Waals surface area (Å²) in [5, 5.41) is 26.4. The molecule has 0 spiro atoms. The number of aliphatic hydroxyl groups is 1. The highest BCUT2D eigenvalue weighted by Gasteiger charge is 2.22. The van der Waals surface area contributed by atoms with Crippen LogP contribution in [0, 0.1) is 0 Å². The average molecular weight is 427 g/mol. The summed E-state index contributed by atoms with van der Waals surface area (Å²) in [6.45, 7) is 9.27. The summed E-state index contributed by atoms with van der Waals surface area (Å²) in [7, 11) is 0. The van der Waals surface area contributed by atoms with Crippen molar-refractivity contribution in [1.82, 2.24) is 5.32 Å². The van der Waals surface area contributed by atoms with Crippen LogP contribution in [0.3, 0.4) is 0 Å². The van der Waals surface area contributed by atoms with Crippen LogP contribution < -0.4 is 15.4 Å². The van der Waals surface area contributed by atoms with E-state index in [-0.39, 0.29) is 29.7 Å². The van der Waals surface area contributed by atoms with Crippen molar-refractivity contribution in [2.24, 2.45) is 0 Å². The summed E-state index contributed by atoms with van der Waals surface area (Å²) >= 11 is 0. The van der Waals surface area contributed by atoms with E-state index >= 15 is 0 Å². The summed E-state index contributed by atoms with van der Waals surface area (Å²) in [5.74, 6) is 0.493. The molecule has 2 atom stereocenters. The molecule has 168 valence electrons. The number of phenolic OH excluding ortho intramolecular Hbond substituents is 1. The third-order valence-electron chi connectivity index (χ3n) is 5.61. The zero-order valence-corrected chi connectivity index (χ0v) is 18.9. The second-order valence-electron chi connectivity index (χ2n) is 9.41. The Kier molecular flexibility index (Phi) is 7.23. The van der Waals surface area contributed by atoms with Gasteiger partial charge < -0.3 is 25.6 Å². The Balaban J connectivity index is 1.47. The minimum Gasteiger partial charge on any atom is -0.506 e. The number of amides is 1. The van der Waals surface area contributed by atoms with Crippen LogP contribution in [0.1, 0.15) is 50.8 Å². The SMILES string of the molecule is C[C@H](Cc1ccc(C(C)(C)C)cc1)NC[C@H](O)COc1ccc(O)c2c1CCC(=O)N2. The van der Waals surface area contributed by atoms with Crippen molar-refractivity contribution >= 4 is 11.6 Å². The maximum Gasteiger partial charge on any atom is 0.224 e. The van der Waals surface area contributed by atoms with E-state index < -0.39 is 6.10 Å². The van der Waals surface area contributed by atoms with Crippen molar-refractivity contribution in [3.05, 3.63) is 53.1 Å². The van der Waals surface area contributed by atoms with Gasteiger partial charge in [0.15, 0.2) is 0 Å². The highest BCUT2D eigenvalue weighted by molar-refractivity contribution is 5.96. The smallest absolute Gasteiger partial charge is 0.224 e. The lowest BCUT2D eigenvalue weighted by Gasteiger charge is -2.22. The molecule has 0 aliphatic carbocycles. The van der Waals surface area contributed by atoms with Gasteiger partial charge in [-0.05, 0) is 48.4 Å². The lowest BCUT2D eigenvalue weighted by molar-refractivity contribution is -0.116. The number of ether oxygens (including phenoxy) is 1. The molecule has 1 aliphatic rings. The first-order valence-electron chi connectivity index (χ1n) is 10.9. The van der Waals surface area contributed by atoms with E-state index in [2.05, 4.69) is 62.6 Å². The lowest BCUT2D eigenvalue weighted by atomic mass is 9.86. The standard InChI is InChI=1S/C25H34N2O4/c1-16(13-17-5-7-18(8-6-17)25(2,3)4)26-14-19(28)15-31-22-11-10-21(29)24-20(22)9-12-23(30)27-24/h5-8,10-11,16,19,26,28-29H,9,12-15H2,1-4H3,(H,27,30)/t16-,19+/m1/s1. The molecule has 0 bridgehead atoms. The van der Waals surface area contributed by atoms with Crippen LogP contribution in [0.4, 0.5) is 5.69 Å². The number of nitrogens with one attached hydrogen (secondary N) is 2. The molecule has 0 saturated carbocycles. The minimum absolute atomic E-state index is 0.0296. The molecule has 0 saturated heterocycles. The fourth-order valence-corrected chi connectivity index (χ4v) is 3.73. The van der Waals surface area contributed by atoms with Crippen LogP contribution in [0.15, 0.2) is 36.4 Å². The number of fused-ring (bicyclic) bond motifs is 1. The maximum absolute atomic E-state index is 11.6. The van der Waals surface area contributed by atoms with Gasteiger partial charge in [-0.2, -0.15) is 0 Å². The molecule has 6 heteroatoms. The zero-order chi connectivity index (χ0) is 22.6. The van der Waals surface area contributed by atoms with Gasteiger partial charge in [0.2, 0.25) is 5.91 Å². The van der Waals surface area contributed by atoms with E-state index in [0.29, 0.717) is 30.8 Å². The molecule has 3 rings (SSSR count). The van der Waals surface area contributed by atoms with Gasteiger partial charge in [-0.1, -0.05) is 45.0 Å². The van der Waals surface area contributed by atoms with Crippen LogP contribution in [0.25, 0.3) is 0 Å². The fourth-order valence-electron chi connectivity index (χ4n) is 3.73. The Morgan fingerprint density at radius 2 is 1.84 bits per heavy atom. The summed E-state index contributed by atoms with van der Waals surface area (Å²) in [5.41, 5.74) is 3.91. The number of rotatable bonds is 8. The van der Waals surface area contributed by atoms with Gasteiger partial charge in [0.1, 0.15) is 24.2 Å². The molecule has 2 aromatic rings. The van der Waals surface area contributed by atoms with Gasteiger partial charge in [-0.15, -0.1) is 0 Å². The topological polar surface area (TPSA) is 90.8 Å². The highest BCUT2D eigenvalue weighted by atomic mass is 16.5. The normalized spacial score (nSPS) is 15.7. The second kappa shape index (κ2) is 9.71. The Labute approximate surface area is 184 Å². The summed E-state index contributed by atoms with van der Waals surface area (Å²) in [4.78, 5) is 11.6. The van der Waals surface area contributed by atoms with E-state index in [4.69, 9.17) is 4.74 Å². The molecule has 0 aromatic heterocycles. The number of carbonyl (C=O) groups is 1. The fraction of sp³-hybridized carbons (Fsp3) is 0.480. The first-order valence-corrected chi connectivity index (χ1v) is 10.9. The van der Waals surface area contributed by atoms with E-state index in [0.717, 1.165) is 12.0 Å². The Morgan fingerprint density at radius 3 is 2.52 bits per heavy atom. The molecule has 1 aliphatic heterocycles. The number of hydrogen-bond acceptors (Lipinski definition) is 5. The van der Waals surface area contributed by atoms with Gasteiger partial charge in [-0.3, -0.25) is 4.79 Å². The van der Waals surface area contributed by atoms with Crippen molar-refractivity contribution in [3.63, 3.8) is 0 Å². The molecule has 4 N–H and O–H groups in total. The molecule has 6 nitrogen and oxygen atoms in total. The third-order valence-corrected chi connectivity index (χ3v) is 5.61. The molecular weight excluding hydrogens is 392 g/mol. The predicted octanol–water partition coefficient (Wildman–Crippen LogP) is 3.53. The number of carbonyl (C=O) groups excluding carboxylic acids is 1. The Morgan fingerprint density at radius 1 is 1.13 bits per heavy atom. The third kappa shape index (κ3) is 6.21. The van der Waals surface area contributed by atoms with Crippen LogP contribution in [0.2, 0.25) is 0 Å². The molecule has 1 heterocycles. The molecule has 0 radical (unpaired) electrons. The highest BCUT2D eigenvalue weighted by Crippen LogP contribution is 2.38. The predicted molar refractivity (Wildman–Crippen MR) is 123 cm³/mol. The summed E-state index contributed by atoms with van der Waals surface area (Å²) in [6, 6.07) is 12.1. The van der Waals surface area contributed by atoms with Crippen molar-refractivity contribution in [1.29, 1.82) is 0 Å². The number of hydrogen-bond donors (Lipinski definition) is 4. The number of aromatic hydroxyl groups is 1. The van der Waals surface area contributed by atoms with Crippen LogP contribution in [-0.2, 0) is 23.1 Å². The van der Waals surface area contributed by atoms with Crippen molar-refractivity contribution in [2.45, 2.75) is 64.5 Å². The van der Waals surface area contributed by atoms with Crippen LogP contribution in [-0.4, -0.2) is 41.4 Å². The van der Waals surface area contributed by atoms with E-state index in [1.807, 2.05) is 0 Å². The number of anilines is 1. The van der Waals surface area contributed by atoms with E-state index in [1.54, 1.807) is 6.07 Å². The van der Waals surface area contributed by atoms with Gasteiger partial charge in [0.05, 0.1) is 5.69 Å². The molecule has 0 unspecified atom stereocenters. The monoisotopic (exact) mass is 426 g/mol. The summed E-state index contributed by atoms with van der Waals surface area (Å²) in [6.07, 6.45) is 1.06. The number of benzene rings is 2. The van der Waals surface area contributed by atoms with Gasteiger partial charge in [0, 0.05) is 24.6 Å². The quantitative estimate of drug-likeness (QED) is 0.485. The van der Waals surface area contributed by atoms with E-state index in [9.17, 15) is 15.0 Å². The maximum atomic E-state index is 11.6. The van der Waals surface area contributed by atoms with Crippen molar-refractivity contribution < 1.29 is 19.7 Å². The molecule has 31 heavy (non-hydrogen) atoms. The van der Waals surface area contributed by atoms with Crippen LogP contribution in [0.5, 0.6) is 11.5 Å². The van der Waals surface area contributed by atoms with Crippen molar-refractivity contribution in [2.75, 3.05) is 18.5 Å². The van der Waals surface area contributed by atoms with Crippen molar-refractivity contribution in [3.8, 4) is 11.5 Å². The summed E-state index contributed by atoms with van der Waals surface area (Å²) < 4.78 is 5.80. The molecular formula is C25H34N2O4.